The van der Waals surface area contributed by atoms with Crippen LogP contribution < -0.4 is 16.1 Å². The second-order valence-corrected chi connectivity index (χ2v) is 6.56. The van der Waals surface area contributed by atoms with Crippen LogP contribution in [0, 0.1) is 0 Å². The Bertz CT molecular complexity index is 585. The molecule has 1 aromatic rings. The predicted molar refractivity (Wildman–Crippen MR) is 99.7 cm³/mol. The average molecular weight is 363 g/mol. The average Bonchev–Trinajstić information content (AvgIpc) is 2.59. The lowest BCUT2D eigenvalue weighted by Crippen LogP contribution is -2.29. The number of anilines is 1. The van der Waals surface area contributed by atoms with E-state index in [1.54, 1.807) is 5.48 Å². The first-order chi connectivity index (χ1) is 12.4. The zero-order valence-corrected chi connectivity index (χ0v) is 15.5. The van der Waals surface area contributed by atoms with Crippen molar-refractivity contribution in [2.75, 3.05) is 5.32 Å². The van der Waals surface area contributed by atoms with E-state index in [4.69, 9.17) is 5.21 Å². The summed E-state index contributed by atoms with van der Waals surface area (Å²) in [6.07, 6.45) is 3.75. The van der Waals surface area contributed by atoms with Gasteiger partial charge < -0.3 is 10.6 Å². The van der Waals surface area contributed by atoms with Gasteiger partial charge in [-0.05, 0) is 57.2 Å². The Hall–Kier alpha value is -2.41. The Kier molecular flexibility index (Phi) is 10.0. The zero-order valence-electron chi connectivity index (χ0n) is 15.5. The summed E-state index contributed by atoms with van der Waals surface area (Å²) in [7, 11) is 0. The first kappa shape index (κ1) is 21.6. The van der Waals surface area contributed by atoms with E-state index in [0.29, 0.717) is 25.7 Å². The molecule has 0 radical (unpaired) electrons. The molecular formula is C19H29N3O4. The summed E-state index contributed by atoms with van der Waals surface area (Å²) in [4.78, 5) is 34.3. The number of unbranched alkanes of at least 4 members (excludes halogenated alkanes) is 1. The molecule has 1 aromatic carbocycles. The molecule has 0 aliphatic carbocycles. The number of aryl methyl sites for hydroxylation is 1. The second-order valence-electron chi connectivity index (χ2n) is 6.56. The van der Waals surface area contributed by atoms with Gasteiger partial charge in [-0.2, -0.15) is 0 Å². The van der Waals surface area contributed by atoms with Gasteiger partial charge in [0, 0.05) is 31.0 Å². The molecule has 0 saturated carbocycles. The fourth-order valence-electron chi connectivity index (χ4n) is 2.45. The summed E-state index contributed by atoms with van der Waals surface area (Å²) in [6, 6.07) is 7.75. The molecule has 1 rings (SSSR count). The van der Waals surface area contributed by atoms with Crippen LogP contribution >= 0.6 is 0 Å². The second kappa shape index (κ2) is 12.0. The molecule has 144 valence electrons. The summed E-state index contributed by atoms with van der Waals surface area (Å²) in [5.41, 5.74) is 3.41. The van der Waals surface area contributed by atoms with E-state index in [1.165, 1.54) is 0 Å². The molecule has 0 fully saturated rings. The third kappa shape index (κ3) is 9.78. The lowest BCUT2D eigenvalue weighted by molar-refractivity contribution is -0.129. The first-order valence-electron chi connectivity index (χ1n) is 9.01. The normalized spacial score (nSPS) is 10.5. The van der Waals surface area contributed by atoms with Crippen LogP contribution in [0.4, 0.5) is 5.69 Å². The highest BCUT2D eigenvalue weighted by Crippen LogP contribution is 2.13. The zero-order chi connectivity index (χ0) is 19.4. The SMILES string of the molecule is CC(C)NC(=O)CCCc1ccc(NC(=O)CCCCC(=O)NO)cc1. The molecule has 0 heterocycles. The highest BCUT2D eigenvalue weighted by Gasteiger charge is 2.06. The van der Waals surface area contributed by atoms with E-state index in [0.717, 1.165) is 24.1 Å². The molecule has 4 N–H and O–H groups in total. The molecule has 0 bridgehead atoms. The fraction of sp³-hybridized carbons (Fsp3) is 0.526. The molecule has 7 heteroatoms. The van der Waals surface area contributed by atoms with Crippen LogP contribution in [0.1, 0.15) is 57.9 Å². The van der Waals surface area contributed by atoms with Crippen LogP contribution in [0.25, 0.3) is 0 Å². The topological polar surface area (TPSA) is 108 Å². The van der Waals surface area contributed by atoms with Crippen LogP contribution in [-0.2, 0) is 20.8 Å². The summed E-state index contributed by atoms with van der Waals surface area (Å²) >= 11 is 0. The summed E-state index contributed by atoms with van der Waals surface area (Å²) in [6.45, 7) is 3.88. The van der Waals surface area contributed by atoms with Crippen molar-refractivity contribution in [1.29, 1.82) is 0 Å². The summed E-state index contributed by atoms with van der Waals surface area (Å²) in [5, 5.41) is 14.1. The van der Waals surface area contributed by atoms with Crippen molar-refractivity contribution < 1.29 is 19.6 Å². The first-order valence-corrected chi connectivity index (χ1v) is 9.01. The van der Waals surface area contributed by atoms with Crippen molar-refractivity contribution in [3.63, 3.8) is 0 Å². The number of carbonyl (C=O) groups is 3. The Morgan fingerprint density at radius 3 is 2.04 bits per heavy atom. The van der Waals surface area contributed by atoms with Crippen molar-refractivity contribution in [1.82, 2.24) is 10.8 Å². The van der Waals surface area contributed by atoms with Crippen LogP contribution in [0.2, 0.25) is 0 Å². The standard InChI is InChI=1S/C19H29N3O4/c1-14(2)20-17(23)9-5-6-15-10-12-16(13-11-15)21-18(24)7-3-4-8-19(25)22-26/h10-14,26H,3-9H2,1-2H3,(H,20,23)(H,21,24)(H,22,25). The lowest BCUT2D eigenvalue weighted by atomic mass is 10.1. The van der Waals surface area contributed by atoms with Crippen LogP contribution in [-0.4, -0.2) is 29.0 Å². The number of hydrogen-bond donors (Lipinski definition) is 4. The highest BCUT2D eigenvalue weighted by atomic mass is 16.5. The Balaban J connectivity index is 2.26. The molecule has 0 atom stereocenters. The van der Waals surface area contributed by atoms with Gasteiger partial charge >= 0.3 is 0 Å². The number of benzene rings is 1. The Labute approximate surface area is 154 Å². The Morgan fingerprint density at radius 1 is 0.885 bits per heavy atom. The largest absolute Gasteiger partial charge is 0.354 e. The minimum atomic E-state index is -0.442. The minimum Gasteiger partial charge on any atom is -0.354 e. The smallest absolute Gasteiger partial charge is 0.243 e. The monoisotopic (exact) mass is 363 g/mol. The van der Waals surface area contributed by atoms with E-state index in [-0.39, 0.29) is 24.3 Å². The predicted octanol–water partition coefficient (Wildman–Crippen LogP) is 2.54. The number of hydroxylamine groups is 1. The summed E-state index contributed by atoms with van der Waals surface area (Å²) < 4.78 is 0. The number of rotatable bonds is 11. The molecule has 26 heavy (non-hydrogen) atoms. The third-order valence-corrected chi connectivity index (χ3v) is 3.74. The number of hydrogen-bond acceptors (Lipinski definition) is 4. The maximum Gasteiger partial charge on any atom is 0.243 e. The molecule has 0 aromatic heterocycles. The van der Waals surface area contributed by atoms with Crippen LogP contribution in [0.3, 0.4) is 0 Å². The van der Waals surface area contributed by atoms with Crippen molar-refractivity contribution in [3.05, 3.63) is 29.8 Å². The fourth-order valence-corrected chi connectivity index (χ4v) is 2.45. The molecule has 0 aliphatic heterocycles. The Morgan fingerprint density at radius 2 is 1.46 bits per heavy atom. The van der Waals surface area contributed by atoms with E-state index >= 15 is 0 Å². The van der Waals surface area contributed by atoms with E-state index in [2.05, 4.69) is 10.6 Å². The molecule has 0 aliphatic rings. The molecule has 0 spiro atoms. The molecule has 0 saturated heterocycles. The van der Waals surface area contributed by atoms with E-state index in [9.17, 15) is 14.4 Å². The van der Waals surface area contributed by atoms with Gasteiger partial charge in [-0.25, -0.2) is 5.48 Å². The van der Waals surface area contributed by atoms with Crippen molar-refractivity contribution >= 4 is 23.4 Å². The van der Waals surface area contributed by atoms with Gasteiger partial charge in [0.15, 0.2) is 0 Å². The molecule has 0 unspecified atom stereocenters. The molecule has 3 amide bonds. The molecular weight excluding hydrogens is 334 g/mol. The van der Waals surface area contributed by atoms with Gasteiger partial charge in [-0.1, -0.05) is 12.1 Å². The summed E-state index contributed by atoms with van der Waals surface area (Å²) in [5.74, 6) is -0.476. The number of nitrogens with one attached hydrogen (secondary N) is 3. The van der Waals surface area contributed by atoms with Gasteiger partial charge in [0.1, 0.15) is 0 Å². The maximum atomic E-state index is 11.8. The van der Waals surface area contributed by atoms with Gasteiger partial charge in [-0.15, -0.1) is 0 Å². The van der Waals surface area contributed by atoms with Crippen LogP contribution in [0.15, 0.2) is 24.3 Å². The van der Waals surface area contributed by atoms with E-state index in [1.807, 2.05) is 38.1 Å². The third-order valence-electron chi connectivity index (χ3n) is 3.74. The van der Waals surface area contributed by atoms with Crippen molar-refractivity contribution in [2.45, 2.75) is 64.8 Å². The van der Waals surface area contributed by atoms with Gasteiger partial charge in [0.05, 0.1) is 0 Å². The van der Waals surface area contributed by atoms with Crippen molar-refractivity contribution in [2.24, 2.45) is 0 Å². The number of carbonyl (C=O) groups excluding carboxylic acids is 3. The maximum absolute atomic E-state index is 11.8. The molecule has 7 nitrogen and oxygen atoms in total. The van der Waals surface area contributed by atoms with Crippen molar-refractivity contribution in [3.8, 4) is 0 Å². The van der Waals surface area contributed by atoms with E-state index < -0.39 is 5.91 Å². The quantitative estimate of drug-likeness (QED) is 0.275. The minimum absolute atomic E-state index is 0.0698. The number of amides is 3. The lowest BCUT2D eigenvalue weighted by Gasteiger charge is -2.09. The van der Waals surface area contributed by atoms with Crippen LogP contribution in [0.5, 0.6) is 0 Å². The van der Waals surface area contributed by atoms with Gasteiger partial charge in [0.2, 0.25) is 17.7 Å². The highest BCUT2D eigenvalue weighted by molar-refractivity contribution is 5.90. The van der Waals surface area contributed by atoms with Gasteiger partial charge in [0.25, 0.3) is 0 Å². The van der Waals surface area contributed by atoms with Gasteiger partial charge in [-0.3, -0.25) is 19.6 Å².